The minimum absolute atomic E-state index is 0.127. The molecule has 0 radical (unpaired) electrons. The molecule has 0 saturated heterocycles. The minimum Gasteiger partial charge on any atom is -0.354 e. The van der Waals surface area contributed by atoms with Crippen molar-refractivity contribution >= 4 is 5.91 Å². The first-order chi connectivity index (χ1) is 7.63. The van der Waals surface area contributed by atoms with Crippen LogP contribution < -0.4 is 11.1 Å². The van der Waals surface area contributed by atoms with Crippen LogP contribution in [0.25, 0.3) is 0 Å². The van der Waals surface area contributed by atoms with Crippen LogP contribution >= 0.6 is 0 Å². The average molecular weight is 226 g/mol. The van der Waals surface area contributed by atoms with Gasteiger partial charge in [0.1, 0.15) is 0 Å². The third-order valence-corrected chi connectivity index (χ3v) is 2.14. The van der Waals surface area contributed by atoms with E-state index in [2.05, 4.69) is 15.5 Å². The van der Waals surface area contributed by atoms with E-state index in [0.29, 0.717) is 31.1 Å². The molecule has 6 heteroatoms. The Morgan fingerprint density at radius 2 is 2.38 bits per heavy atom. The summed E-state index contributed by atoms with van der Waals surface area (Å²) in [6, 6.07) is -0.422. The highest BCUT2D eigenvalue weighted by Crippen LogP contribution is 1.96. The molecule has 1 aromatic rings. The SMILES string of the molecule is CCC[C@@H](N)C(=O)NCCc1nc(C)no1. The van der Waals surface area contributed by atoms with Crippen molar-refractivity contribution in [3.05, 3.63) is 11.7 Å². The van der Waals surface area contributed by atoms with E-state index in [-0.39, 0.29) is 5.91 Å². The van der Waals surface area contributed by atoms with Crippen LogP contribution in [-0.4, -0.2) is 28.6 Å². The van der Waals surface area contributed by atoms with Crippen molar-refractivity contribution in [2.24, 2.45) is 5.73 Å². The minimum atomic E-state index is -0.422. The Balaban J connectivity index is 2.22. The second-order valence-corrected chi connectivity index (χ2v) is 3.67. The number of nitrogens with one attached hydrogen (secondary N) is 1. The van der Waals surface area contributed by atoms with Crippen LogP contribution in [0.2, 0.25) is 0 Å². The lowest BCUT2D eigenvalue weighted by atomic mass is 10.2. The summed E-state index contributed by atoms with van der Waals surface area (Å²) in [5.74, 6) is 1.00. The first-order valence-electron chi connectivity index (χ1n) is 5.46. The molecule has 0 aliphatic heterocycles. The second-order valence-electron chi connectivity index (χ2n) is 3.67. The van der Waals surface area contributed by atoms with E-state index < -0.39 is 6.04 Å². The summed E-state index contributed by atoms with van der Waals surface area (Å²) in [6.45, 7) is 4.22. The molecule has 1 amide bonds. The highest BCUT2D eigenvalue weighted by atomic mass is 16.5. The van der Waals surface area contributed by atoms with Crippen molar-refractivity contribution in [3.63, 3.8) is 0 Å². The summed E-state index contributed by atoms with van der Waals surface area (Å²) >= 11 is 0. The zero-order valence-electron chi connectivity index (χ0n) is 9.69. The Bertz CT molecular complexity index is 337. The Morgan fingerprint density at radius 1 is 1.62 bits per heavy atom. The molecule has 0 saturated carbocycles. The number of aryl methyl sites for hydroxylation is 1. The van der Waals surface area contributed by atoms with E-state index in [0.717, 1.165) is 6.42 Å². The average Bonchev–Trinajstić information content (AvgIpc) is 2.64. The zero-order valence-corrected chi connectivity index (χ0v) is 9.69. The van der Waals surface area contributed by atoms with Gasteiger partial charge in [-0.15, -0.1) is 0 Å². The van der Waals surface area contributed by atoms with E-state index in [1.165, 1.54) is 0 Å². The predicted octanol–water partition coefficient (Wildman–Crippen LogP) is 0.164. The fourth-order valence-electron chi connectivity index (χ4n) is 1.31. The molecule has 0 aliphatic carbocycles. The predicted molar refractivity (Wildman–Crippen MR) is 58.6 cm³/mol. The molecule has 0 aliphatic rings. The Hall–Kier alpha value is -1.43. The van der Waals surface area contributed by atoms with Gasteiger partial charge in [0.15, 0.2) is 5.82 Å². The number of carbonyl (C=O) groups excluding carboxylic acids is 1. The summed E-state index contributed by atoms with van der Waals surface area (Å²) in [5, 5.41) is 6.39. The van der Waals surface area contributed by atoms with Gasteiger partial charge in [-0.05, 0) is 13.3 Å². The number of hydrogen-bond acceptors (Lipinski definition) is 5. The summed E-state index contributed by atoms with van der Waals surface area (Å²) in [5.41, 5.74) is 5.65. The van der Waals surface area contributed by atoms with E-state index >= 15 is 0 Å². The van der Waals surface area contributed by atoms with Crippen LogP contribution in [0.3, 0.4) is 0 Å². The number of nitrogens with zero attached hydrogens (tertiary/aromatic N) is 2. The lowest BCUT2D eigenvalue weighted by Gasteiger charge is -2.09. The van der Waals surface area contributed by atoms with Crippen molar-refractivity contribution in [2.45, 2.75) is 39.2 Å². The molecule has 1 rings (SSSR count). The van der Waals surface area contributed by atoms with E-state index in [4.69, 9.17) is 10.3 Å². The molecular formula is C10H18N4O2. The van der Waals surface area contributed by atoms with Crippen LogP contribution in [0.5, 0.6) is 0 Å². The van der Waals surface area contributed by atoms with E-state index in [9.17, 15) is 4.79 Å². The smallest absolute Gasteiger partial charge is 0.236 e. The molecule has 6 nitrogen and oxygen atoms in total. The van der Waals surface area contributed by atoms with Crippen molar-refractivity contribution in [1.29, 1.82) is 0 Å². The summed E-state index contributed by atoms with van der Waals surface area (Å²) in [7, 11) is 0. The maximum atomic E-state index is 11.4. The Morgan fingerprint density at radius 3 is 2.94 bits per heavy atom. The lowest BCUT2D eigenvalue weighted by Crippen LogP contribution is -2.41. The number of aromatic nitrogens is 2. The molecule has 3 N–H and O–H groups in total. The van der Waals surface area contributed by atoms with Gasteiger partial charge in [-0.3, -0.25) is 4.79 Å². The molecule has 90 valence electrons. The Kier molecular flexibility index (Phi) is 4.91. The number of hydrogen-bond donors (Lipinski definition) is 2. The number of amides is 1. The van der Waals surface area contributed by atoms with Crippen LogP contribution in [-0.2, 0) is 11.2 Å². The van der Waals surface area contributed by atoms with Gasteiger partial charge < -0.3 is 15.6 Å². The fourth-order valence-corrected chi connectivity index (χ4v) is 1.31. The number of rotatable bonds is 6. The normalized spacial score (nSPS) is 12.4. The summed E-state index contributed by atoms with van der Waals surface area (Å²) < 4.78 is 4.91. The molecule has 0 bridgehead atoms. The quantitative estimate of drug-likeness (QED) is 0.720. The van der Waals surface area contributed by atoms with Gasteiger partial charge in [0.05, 0.1) is 6.04 Å². The van der Waals surface area contributed by atoms with Gasteiger partial charge in [0, 0.05) is 13.0 Å². The molecular weight excluding hydrogens is 208 g/mol. The highest BCUT2D eigenvalue weighted by molar-refractivity contribution is 5.81. The molecule has 0 aromatic carbocycles. The van der Waals surface area contributed by atoms with Gasteiger partial charge in [-0.2, -0.15) is 4.98 Å². The van der Waals surface area contributed by atoms with Crippen molar-refractivity contribution in [1.82, 2.24) is 15.5 Å². The standard InChI is InChI=1S/C10H18N4O2/c1-3-4-8(11)10(15)12-6-5-9-13-7(2)14-16-9/h8H,3-6,11H2,1-2H3,(H,12,15)/t8-/m1/s1. The van der Waals surface area contributed by atoms with E-state index in [1.54, 1.807) is 6.92 Å². The maximum Gasteiger partial charge on any atom is 0.236 e. The van der Waals surface area contributed by atoms with Gasteiger partial charge in [0.25, 0.3) is 0 Å². The third kappa shape index (κ3) is 3.98. The lowest BCUT2D eigenvalue weighted by molar-refractivity contribution is -0.122. The fraction of sp³-hybridized carbons (Fsp3) is 0.700. The van der Waals surface area contributed by atoms with Gasteiger partial charge in [-0.25, -0.2) is 0 Å². The molecule has 1 heterocycles. The second kappa shape index (κ2) is 6.22. The largest absolute Gasteiger partial charge is 0.354 e. The molecule has 0 fully saturated rings. The summed E-state index contributed by atoms with van der Waals surface area (Å²) in [4.78, 5) is 15.5. The van der Waals surface area contributed by atoms with Gasteiger partial charge >= 0.3 is 0 Å². The van der Waals surface area contributed by atoms with Crippen molar-refractivity contribution < 1.29 is 9.32 Å². The monoisotopic (exact) mass is 226 g/mol. The molecule has 0 spiro atoms. The first-order valence-corrected chi connectivity index (χ1v) is 5.46. The zero-order chi connectivity index (χ0) is 12.0. The maximum absolute atomic E-state index is 11.4. The van der Waals surface area contributed by atoms with E-state index in [1.807, 2.05) is 6.92 Å². The molecule has 16 heavy (non-hydrogen) atoms. The topological polar surface area (TPSA) is 94.0 Å². The number of nitrogens with two attached hydrogens (primary N) is 1. The van der Waals surface area contributed by atoms with Crippen molar-refractivity contribution in [3.8, 4) is 0 Å². The van der Waals surface area contributed by atoms with Gasteiger partial charge in [-0.1, -0.05) is 18.5 Å². The van der Waals surface area contributed by atoms with Crippen molar-refractivity contribution in [2.75, 3.05) is 6.54 Å². The first kappa shape index (κ1) is 12.6. The molecule has 0 unspecified atom stereocenters. The van der Waals surface area contributed by atoms with Crippen LogP contribution in [0.15, 0.2) is 4.52 Å². The van der Waals surface area contributed by atoms with Crippen LogP contribution in [0.4, 0.5) is 0 Å². The summed E-state index contributed by atoms with van der Waals surface area (Å²) in [6.07, 6.45) is 2.13. The van der Waals surface area contributed by atoms with Gasteiger partial charge in [0.2, 0.25) is 11.8 Å². The number of carbonyl (C=O) groups is 1. The molecule has 1 atom stereocenters. The highest BCUT2D eigenvalue weighted by Gasteiger charge is 2.11. The Labute approximate surface area is 94.6 Å². The molecule has 1 aromatic heterocycles. The van der Waals surface area contributed by atoms with Crippen LogP contribution in [0.1, 0.15) is 31.5 Å². The third-order valence-electron chi connectivity index (χ3n) is 2.14. The van der Waals surface area contributed by atoms with Crippen LogP contribution in [0, 0.1) is 6.92 Å².